The molecule has 2 aromatic rings. The first kappa shape index (κ1) is 16.1. The second-order valence-corrected chi connectivity index (χ2v) is 7.22. The Hall–Kier alpha value is -1.28. The summed E-state index contributed by atoms with van der Waals surface area (Å²) < 4.78 is 39.7. The maximum Gasteiger partial charge on any atom is 0.240 e. The van der Waals surface area contributed by atoms with E-state index in [0.29, 0.717) is 0 Å². The molecule has 7 heteroatoms. The highest BCUT2D eigenvalue weighted by Crippen LogP contribution is 2.19. The number of rotatable bonds is 6. The number of benzene rings is 1. The average molecular weight is 329 g/mol. The molecular formula is C14H16FNO3S2. The van der Waals surface area contributed by atoms with Crippen LogP contribution in [0.1, 0.15) is 23.7 Å². The van der Waals surface area contributed by atoms with Gasteiger partial charge in [-0.2, -0.15) is 11.3 Å². The molecule has 0 aliphatic heterocycles. The minimum absolute atomic E-state index is 0.0198. The van der Waals surface area contributed by atoms with Crippen LogP contribution in [0.4, 0.5) is 4.39 Å². The fourth-order valence-electron chi connectivity index (χ4n) is 1.83. The summed E-state index contributed by atoms with van der Waals surface area (Å²) in [6.45, 7) is 1.62. The quantitative estimate of drug-likeness (QED) is 0.856. The van der Waals surface area contributed by atoms with Crippen LogP contribution in [0.5, 0.6) is 0 Å². The van der Waals surface area contributed by atoms with E-state index in [2.05, 4.69) is 4.72 Å². The van der Waals surface area contributed by atoms with E-state index < -0.39 is 21.9 Å². The van der Waals surface area contributed by atoms with Crippen LogP contribution in [0.2, 0.25) is 0 Å². The van der Waals surface area contributed by atoms with Gasteiger partial charge in [0, 0.05) is 6.54 Å². The molecule has 2 rings (SSSR count). The topological polar surface area (TPSA) is 66.4 Å². The summed E-state index contributed by atoms with van der Waals surface area (Å²) in [6, 6.07) is 5.43. The van der Waals surface area contributed by atoms with Crippen molar-refractivity contribution in [1.82, 2.24) is 4.72 Å². The fraction of sp³-hybridized carbons (Fsp3) is 0.286. The van der Waals surface area contributed by atoms with Gasteiger partial charge in [-0.3, -0.25) is 0 Å². The van der Waals surface area contributed by atoms with E-state index in [9.17, 15) is 17.9 Å². The number of aliphatic hydroxyl groups is 1. The van der Waals surface area contributed by atoms with E-state index in [-0.39, 0.29) is 23.4 Å². The zero-order chi connectivity index (χ0) is 15.5. The molecule has 0 bridgehead atoms. The molecule has 0 saturated heterocycles. The van der Waals surface area contributed by atoms with Crippen molar-refractivity contribution in [3.63, 3.8) is 0 Å². The Morgan fingerprint density at radius 2 is 2.14 bits per heavy atom. The van der Waals surface area contributed by atoms with Crippen LogP contribution in [0.25, 0.3) is 0 Å². The molecule has 0 aliphatic rings. The van der Waals surface area contributed by atoms with Crippen LogP contribution >= 0.6 is 11.3 Å². The van der Waals surface area contributed by atoms with Gasteiger partial charge in [-0.1, -0.05) is 0 Å². The number of sulfonamides is 1. The van der Waals surface area contributed by atoms with E-state index in [4.69, 9.17) is 0 Å². The number of nitrogens with one attached hydrogen (secondary N) is 1. The van der Waals surface area contributed by atoms with E-state index >= 15 is 0 Å². The Kier molecular flexibility index (Phi) is 5.10. The predicted octanol–water partition coefficient (Wildman–Crippen LogP) is 2.60. The van der Waals surface area contributed by atoms with E-state index in [1.165, 1.54) is 30.4 Å². The highest BCUT2D eigenvalue weighted by molar-refractivity contribution is 7.89. The molecule has 0 spiro atoms. The van der Waals surface area contributed by atoms with Crippen LogP contribution < -0.4 is 4.72 Å². The maximum absolute atomic E-state index is 13.2. The Bertz CT molecular complexity index is 699. The van der Waals surface area contributed by atoms with Gasteiger partial charge in [0.2, 0.25) is 10.0 Å². The molecule has 0 aliphatic carbocycles. The molecule has 0 radical (unpaired) electrons. The van der Waals surface area contributed by atoms with Crippen molar-refractivity contribution in [3.8, 4) is 0 Å². The van der Waals surface area contributed by atoms with E-state index in [0.717, 1.165) is 11.6 Å². The Balaban J connectivity index is 1.96. The van der Waals surface area contributed by atoms with Gasteiger partial charge in [-0.15, -0.1) is 0 Å². The van der Waals surface area contributed by atoms with Gasteiger partial charge in [-0.25, -0.2) is 17.5 Å². The molecule has 2 N–H and O–H groups in total. The summed E-state index contributed by atoms with van der Waals surface area (Å²) in [7, 11) is -3.69. The van der Waals surface area contributed by atoms with Crippen LogP contribution in [0.3, 0.4) is 0 Å². The zero-order valence-corrected chi connectivity index (χ0v) is 13.0. The molecule has 1 aromatic heterocycles. The maximum atomic E-state index is 13.2. The van der Waals surface area contributed by atoms with Crippen molar-refractivity contribution in [1.29, 1.82) is 0 Å². The summed E-state index contributed by atoms with van der Waals surface area (Å²) in [6.07, 6.45) is -0.426. The normalized spacial score (nSPS) is 13.3. The van der Waals surface area contributed by atoms with Gasteiger partial charge < -0.3 is 5.11 Å². The molecule has 4 nitrogen and oxygen atoms in total. The highest BCUT2D eigenvalue weighted by Gasteiger charge is 2.16. The number of aliphatic hydroxyl groups excluding tert-OH is 1. The first-order valence-corrected chi connectivity index (χ1v) is 8.79. The summed E-state index contributed by atoms with van der Waals surface area (Å²) in [5.41, 5.74) is 1.05. The minimum atomic E-state index is -3.69. The van der Waals surface area contributed by atoms with E-state index in [1.807, 2.05) is 10.8 Å². The molecule has 21 heavy (non-hydrogen) atoms. The number of hydrogen-bond acceptors (Lipinski definition) is 4. The van der Waals surface area contributed by atoms with Crippen LogP contribution in [0, 0.1) is 12.7 Å². The molecule has 1 atom stereocenters. The minimum Gasteiger partial charge on any atom is -0.388 e. The van der Waals surface area contributed by atoms with Gasteiger partial charge in [-0.05, 0) is 59.5 Å². The second-order valence-electron chi connectivity index (χ2n) is 4.67. The Labute approximate surface area is 127 Å². The summed E-state index contributed by atoms with van der Waals surface area (Å²) in [5, 5.41) is 13.6. The number of hydrogen-bond donors (Lipinski definition) is 2. The third-order valence-electron chi connectivity index (χ3n) is 3.08. The smallest absolute Gasteiger partial charge is 0.240 e. The van der Waals surface area contributed by atoms with Crippen molar-refractivity contribution in [2.75, 3.05) is 6.54 Å². The number of thiophene rings is 1. The standard InChI is InChI=1S/C14H16FNO3S2/c1-10-8-12(2-3-13(10)15)21(18,19)16-6-4-14(17)11-5-7-20-9-11/h2-3,5,7-9,14,16-17H,4,6H2,1H3. The molecule has 0 fully saturated rings. The number of halogens is 1. The Morgan fingerprint density at radius 3 is 2.76 bits per heavy atom. The Morgan fingerprint density at radius 1 is 1.38 bits per heavy atom. The first-order chi connectivity index (χ1) is 9.90. The second kappa shape index (κ2) is 6.65. The molecule has 114 valence electrons. The SMILES string of the molecule is Cc1cc(S(=O)(=O)NCCC(O)c2ccsc2)ccc1F. The third-order valence-corrected chi connectivity index (χ3v) is 5.24. The van der Waals surface area contributed by atoms with Gasteiger partial charge in [0.1, 0.15) is 5.82 Å². The first-order valence-electron chi connectivity index (χ1n) is 6.36. The molecule has 1 unspecified atom stereocenters. The largest absolute Gasteiger partial charge is 0.388 e. The summed E-state index contributed by atoms with van der Waals surface area (Å²) >= 11 is 1.47. The van der Waals surface area contributed by atoms with Crippen molar-refractivity contribution >= 4 is 21.4 Å². The summed E-state index contributed by atoms with van der Waals surface area (Å²) in [4.78, 5) is 0.0198. The fourth-order valence-corrected chi connectivity index (χ4v) is 3.67. The van der Waals surface area contributed by atoms with Crippen LogP contribution in [-0.4, -0.2) is 20.1 Å². The van der Waals surface area contributed by atoms with Crippen LogP contribution in [-0.2, 0) is 10.0 Å². The zero-order valence-electron chi connectivity index (χ0n) is 11.4. The molecule has 1 heterocycles. The summed E-state index contributed by atoms with van der Waals surface area (Å²) in [5.74, 6) is -0.443. The van der Waals surface area contributed by atoms with Crippen molar-refractivity contribution in [3.05, 3.63) is 52.0 Å². The van der Waals surface area contributed by atoms with Crippen molar-refractivity contribution in [2.24, 2.45) is 0 Å². The van der Waals surface area contributed by atoms with Gasteiger partial charge in [0.25, 0.3) is 0 Å². The molecule has 0 amide bonds. The predicted molar refractivity (Wildman–Crippen MR) is 80.2 cm³/mol. The molecular weight excluding hydrogens is 313 g/mol. The lowest BCUT2D eigenvalue weighted by atomic mass is 10.1. The van der Waals surface area contributed by atoms with Crippen molar-refractivity contribution < 1.29 is 17.9 Å². The number of aryl methyl sites for hydroxylation is 1. The highest BCUT2D eigenvalue weighted by atomic mass is 32.2. The van der Waals surface area contributed by atoms with Crippen LogP contribution in [0.15, 0.2) is 39.9 Å². The van der Waals surface area contributed by atoms with Gasteiger partial charge in [0.15, 0.2) is 0 Å². The molecule has 1 aromatic carbocycles. The van der Waals surface area contributed by atoms with Crippen molar-refractivity contribution in [2.45, 2.75) is 24.3 Å². The van der Waals surface area contributed by atoms with E-state index in [1.54, 1.807) is 6.07 Å². The van der Waals surface area contributed by atoms with Gasteiger partial charge >= 0.3 is 0 Å². The lowest BCUT2D eigenvalue weighted by Gasteiger charge is -2.11. The van der Waals surface area contributed by atoms with Gasteiger partial charge in [0.05, 0.1) is 11.0 Å². The third kappa shape index (κ3) is 4.10. The molecule has 0 saturated carbocycles. The lowest BCUT2D eigenvalue weighted by molar-refractivity contribution is 0.169. The lowest BCUT2D eigenvalue weighted by Crippen LogP contribution is -2.26. The average Bonchev–Trinajstić information content (AvgIpc) is 2.95. The monoisotopic (exact) mass is 329 g/mol.